The molecule has 1 aliphatic carbocycles. The predicted molar refractivity (Wildman–Crippen MR) is 88.0 cm³/mol. The van der Waals surface area contributed by atoms with E-state index in [2.05, 4.69) is 44.8 Å². The molecule has 0 aromatic rings. The number of piperazine rings is 1. The van der Waals surface area contributed by atoms with Gasteiger partial charge in [-0.2, -0.15) is 0 Å². The molecule has 1 heterocycles. The quantitative estimate of drug-likeness (QED) is 0.840. The molecule has 1 saturated heterocycles. The van der Waals surface area contributed by atoms with Crippen molar-refractivity contribution in [2.24, 2.45) is 17.8 Å². The lowest BCUT2D eigenvalue weighted by Crippen LogP contribution is -2.61. The van der Waals surface area contributed by atoms with E-state index in [1.54, 1.807) is 0 Å². The van der Waals surface area contributed by atoms with Crippen LogP contribution in [0.25, 0.3) is 0 Å². The average molecular weight is 280 g/mol. The summed E-state index contributed by atoms with van der Waals surface area (Å²) in [6.07, 6.45) is 7.10. The Morgan fingerprint density at radius 2 is 1.90 bits per heavy atom. The summed E-state index contributed by atoms with van der Waals surface area (Å²) in [6, 6.07) is 2.31. The van der Waals surface area contributed by atoms with E-state index in [0.29, 0.717) is 6.04 Å². The first-order chi connectivity index (χ1) is 9.47. The smallest absolute Gasteiger partial charge is 0.0226 e. The molecule has 2 rings (SSSR count). The summed E-state index contributed by atoms with van der Waals surface area (Å²) in [5.74, 6) is 2.49. The van der Waals surface area contributed by atoms with Gasteiger partial charge in [0.2, 0.25) is 0 Å². The second kappa shape index (κ2) is 7.26. The van der Waals surface area contributed by atoms with Crippen LogP contribution in [0.4, 0.5) is 0 Å². The van der Waals surface area contributed by atoms with Crippen molar-refractivity contribution in [1.29, 1.82) is 0 Å². The van der Waals surface area contributed by atoms with Crippen molar-refractivity contribution in [2.75, 3.05) is 13.1 Å². The van der Waals surface area contributed by atoms with Crippen LogP contribution in [0.1, 0.15) is 66.7 Å². The fourth-order valence-electron chi connectivity index (χ4n) is 4.21. The lowest BCUT2D eigenvalue weighted by Gasteiger charge is -2.48. The van der Waals surface area contributed by atoms with Gasteiger partial charge in [0.25, 0.3) is 0 Å². The molecule has 2 fully saturated rings. The number of nitrogens with one attached hydrogen (secondary N) is 1. The normalized spacial score (nSPS) is 36.8. The molecule has 1 saturated carbocycles. The number of hydrogen-bond acceptors (Lipinski definition) is 2. The molecule has 2 nitrogen and oxygen atoms in total. The monoisotopic (exact) mass is 280 g/mol. The van der Waals surface area contributed by atoms with Gasteiger partial charge in [0, 0.05) is 31.2 Å². The van der Waals surface area contributed by atoms with E-state index in [0.717, 1.165) is 29.8 Å². The van der Waals surface area contributed by atoms with Crippen molar-refractivity contribution in [3.05, 3.63) is 0 Å². The summed E-state index contributed by atoms with van der Waals surface area (Å²) >= 11 is 0. The van der Waals surface area contributed by atoms with Crippen LogP contribution in [0.2, 0.25) is 0 Å². The van der Waals surface area contributed by atoms with Crippen molar-refractivity contribution in [3.8, 4) is 0 Å². The Hall–Kier alpha value is -0.0800. The standard InChI is InChI=1S/C18H36N2/c1-13(2)9-17-11-19-18(14(3)4)12-20(17)16-8-6-7-15(5)10-16/h13-19H,6-12H2,1-5H3. The molecule has 1 aliphatic heterocycles. The number of rotatable bonds is 4. The Labute approximate surface area is 126 Å². The van der Waals surface area contributed by atoms with Crippen LogP contribution in [0.15, 0.2) is 0 Å². The molecule has 0 bridgehead atoms. The van der Waals surface area contributed by atoms with Crippen LogP contribution in [-0.4, -0.2) is 36.1 Å². The van der Waals surface area contributed by atoms with Gasteiger partial charge in [-0.1, -0.05) is 47.5 Å². The molecular formula is C18H36N2. The molecule has 0 spiro atoms. The average Bonchev–Trinajstić information content (AvgIpc) is 2.38. The van der Waals surface area contributed by atoms with Crippen molar-refractivity contribution >= 4 is 0 Å². The van der Waals surface area contributed by atoms with Gasteiger partial charge in [-0.25, -0.2) is 0 Å². The minimum absolute atomic E-state index is 0.690. The SMILES string of the molecule is CC(C)CC1CNC(C(C)C)CN1C1CCCC(C)C1. The van der Waals surface area contributed by atoms with Gasteiger partial charge in [0.15, 0.2) is 0 Å². The van der Waals surface area contributed by atoms with E-state index < -0.39 is 0 Å². The van der Waals surface area contributed by atoms with Gasteiger partial charge in [0.1, 0.15) is 0 Å². The van der Waals surface area contributed by atoms with Crippen molar-refractivity contribution in [3.63, 3.8) is 0 Å². The summed E-state index contributed by atoms with van der Waals surface area (Å²) in [7, 11) is 0. The summed E-state index contributed by atoms with van der Waals surface area (Å²) < 4.78 is 0. The zero-order chi connectivity index (χ0) is 14.7. The van der Waals surface area contributed by atoms with E-state index >= 15 is 0 Å². The van der Waals surface area contributed by atoms with Crippen LogP contribution in [-0.2, 0) is 0 Å². The molecule has 2 aliphatic rings. The van der Waals surface area contributed by atoms with Gasteiger partial charge in [-0.15, -0.1) is 0 Å². The van der Waals surface area contributed by atoms with Crippen molar-refractivity contribution in [2.45, 2.75) is 84.8 Å². The predicted octanol–water partition coefficient (Wildman–Crippen LogP) is 3.91. The maximum Gasteiger partial charge on any atom is 0.0226 e. The third-order valence-electron chi connectivity index (χ3n) is 5.42. The third-order valence-corrected chi connectivity index (χ3v) is 5.42. The van der Waals surface area contributed by atoms with E-state index in [1.165, 1.54) is 45.2 Å². The third kappa shape index (κ3) is 4.21. The molecule has 4 atom stereocenters. The first-order valence-electron chi connectivity index (χ1n) is 8.96. The fraction of sp³-hybridized carbons (Fsp3) is 1.00. The Morgan fingerprint density at radius 3 is 2.50 bits per heavy atom. The first kappa shape index (κ1) is 16.3. The highest BCUT2D eigenvalue weighted by molar-refractivity contribution is 4.92. The van der Waals surface area contributed by atoms with Crippen LogP contribution in [0, 0.1) is 17.8 Å². The molecule has 20 heavy (non-hydrogen) atoms. The first-order valence-corrected chi connectivity index (χ1v) is 8.96. The molecule has 2 heteroatoms. The Morgan fingerprint density at radius 1 is 1.15 bits per heavy atom. The molecule has 0 aromatic carbocycles. The zero-order valence-corrected chi connectivity index (χ0v) is 14.4. The molecule has 118 valence electrons. The largest absolute Gasteiger partial charge is 0.311 e. The van der Waals surface area contributed by atoms with Gasteiger partial charge >= 0.3 is 0 Å². The van der Waals surface area contributed by atoms with Crippen molar-refractivity contribution < 1.29 is 0 Å². The minimum atomic E-state index is 0.690. The fourth-order valence-corrected chi connectivity index (χ4v) is 4.21. The summed E-state index contributed by atoms with van der Waals surface area (Å²) in [5, 5.41) is 3.81. The summed E-state index contributed by atoms with van der Waals surface area (Å²) in [4.78, 5) is 2.90. The van der Waals surface area contributed by atoms with Crippen LogP contribution in [0.3, 0.4) is 0 Å². The second-order valence-electron chi connectivity index (χ2n) is 8.16. The van der Waals surface area contributed by atoms with Crippen molar-refractivity contribution in [1.82, 2.24) is 10.2 Å². The lowest BCUT2D eigenvalue weighted by molar-refractivity contribution is 0.0333. The van der Waals surface area contributed by atoms with Gasteiger partial charge in [-0.05, 0) is 37.0 Å². The number of nitrogens with zero attached hydrogens (tertiary/aromatic N) is 1. The topological polar surface area (TPSA) is 15.3 Å². The Bertz CT molecular complexity index is 283. The second-order valence-corrected chi connectivity index (χ2v) is 8.16. The highest BCUT2D eigenvalue weighted by Crippen LogP contribution is 2.31. The zero-order valence-electron chi connectivity index (χ0n) is 14.4. The van der Waals surface area contributed by atoms with Crippen LogP contribution >= 0.6 is 0 Å². The summed E-state index contributed by atoms with van der Waals surface area (Å²) in [5.41, 5.74) is 0. The van der Waals surface area contributed by atoms with Crippen LogP contribution in [0.5, 0.6) is 0 Å². The lowest BCUT2D eigenvalue weighted by atomic mass is 9.83. The van der Waals surface area contributed by atoms with Gasteiger partial charge in [-0.3, -0.25) is 4.90 Å². The molecular weight excluding hydrogens is 244 g/mol. The van der Waals surface area contributed by atoms with Crippen LogP contribution < -0.4 is 5.32 Å². The molecule has 4 unspecified atom stereocenters. The number of hydrogen-bond donors (Lipinski definition) is 1. The highest BCUT2D eigenvalue weighted by Gasteiger charge is 2.35. The Balaban J connectivity index is 2.04. The maximum absolute atomic E-state index is 3.81. The van der Waals surface area contributed by atoms with E-state index in [-0.39, 0.29) is 0 Å². The van der Waals surface area contributed by atoms with E-state index in [4.69, 9.17) is 0 Å². The van der Waals surface area contributed by atoms with Gasteiger partial charge in [0.05, 0.1) is 0 Å². The molecule has 0 aromatic heterocycles. The van der Waals surface area contributed by atoms with E-state index in [1.807, 2.05) is 0 Å². The highest BCUT2D eigenvalue weighted by atomic mass is 15.3. The van der Waals surface area contributed by atoms with Gasteiger partial charge < -0.3 is 5.32 Å². The molecule has 1 N–H and O–H groups in total. The maximum atomic E-state index is 3.81. The Kier molecular flexibility index (Phi) is 5.92. The molecule has 0 amide bonds. The molecule has 0 radical (unpaired) electrons. The summed E-state index contributed by atoms with van der Waals surface area (Å²) in [6.45, 7) is 14.4. The van der Waals surface area contributed by atoms with E-state index in [9.17, 15) is 0 Å². The minimum Gasteiger partial charge on any atom is -0.311 e.